The van der Waals surface area contributed by atoms with Crippen LogP contribution in [0.25, 0.3) is 0 Å². The van der Waals surface area contributed by atoms with Gasteiger partial charge in [0.15, 0.2) is 0 Å². The van der Waals surface area contributed by atoms with Gasteiger partial charge in [0.25, 0.3) is 0 Å². The average molecular weight is 341 g/mol. The van der Waals surface area contributed by atoms with Crippen LogP contribution in [0.5, 0.6) is 5.75 Å². The molecule has 0 saturated carbocycles. The lowest BCUT2D eigenvalue weighted by atomic mass is 10.0. The molecule has 0 amide bonds. The van der Waals surface area contributed by atoms with Gasteiger partial charge in [0.2, 0.25) is 0 Å². The monoisotopic (exact) mass is 339 g/mol. The third-order valence-electron chi connectivity index (χ3n) is 2.96. The van der Waals surface area contributed by atoms with Gasteiger partial charge in [0.05, 0.1) is 16.8 Å². The Morgan fingerprint density at radius 2 is 1.89 bits per heavy atom. The van der Waals surface area contributed by atoms with Crippen LogP contribution in [0.1, 0.15) is 24.9 Å². The molecule has 0 aliphatic rings. The van der Waals surface area contributed by atoms with Crippen molar-refractivity contribution < 1.29 is 5.11 Å². The van der Waals surface area contributed by atoms with Crippen LogP contribution in [-0.4, -0.2) is 5.11 Å². The van der Waals surface area contributed by atoms with Crippen LogP contribution in [0.15, 0.2) is 46.9 Å². The van der Waals surface area contributed by atoms with Crippen molar-refractivity contribution in [3.05, 3.63) is 57.5 Å². The second-order valence-corrected chi connectivity index (χ2v) is 5.64. The molecule has 0 bridgehead atoms. The van der Waals surface area contributed by atoms with Gasteiger partial charge in [-0.2, -0.15) is 0 Å². The highest BCUT2D eigenvalue weighted by Crippen LogP contribution is 2.30. The van der Waals surface area contributed by atoms with Crippen molar-refractivity contribution in [3.63, 3.8) is 0 Å². The molecule has 2 aromatic rings. The van der Waals surface area contributed by atoms with Gasteiger partial charge < -0.3 is 10.4 Å². The lowest BCUT2D eigenvalue weighted by Gasteiger charge is -2.20. The second kappa shape index (κ2) is 6.31. The van der Waals surface area contributed by atoms with Gasteiger partial charge in [-0.3, -0.25) is 0 Å². The molecule has 0 saturated heterocycles. The molecule has 2 aromatic carbocycles. The second-order valence-electron chi connectivity index (χ2n) is 4.32. The Kier molecular flexibility index (Phi) is 4.72. The molecule has 0 radical (unpaired) electrons. The van der Waals surface area contributed by atoms with E-state index in [1.807, 2.05) is 30.3 Å². The standard InChI is InChI=1S/C15H15BrClNO/c1-2-14(10-3-6-12(19)7-4-10)18-15-8-5-11(16)9-13(15)17/h3-9,14,18-19H,2H2,1H3. The molecule has 2 nitrogen and oxygen atoms in total. The van der Waals surface area contributed by atoms with E-state index in [2.05, 4.69) is 28.2 Å². The first-order valence-electron chi connectivity index (χ1n) is 6.10. The molecule has 0 heterocycles. The van der Waals surface area contributed by atoms with E-state index in [9.17, 15) is 5.11 Å². The summed E-state index contributed by atoms with van der Waals surface area (Å²) in [4.78, 5) is 0. The fourth-order valence-electron chi connectivity index (χ4n) is 1.92. The Labute approximate surface area is 126 Å². The molecular formula is C15H15BrClNO. The number of rotatable bonds is 4. The maximum absolute atomic E-state index is 9.33. The molecule has 2 rings (SSSR count). The number of benzene rings is 2. The number of nitrogens with one attached hydrogen (secondary N) is 1. The molecule has 19 heavy (non-hydrogen) atoms. The summed E-state index contributed by atoms with van der Waals surface area (Å²) in [6.07, 6.45) is 0.928. The van der Waals surface area contributed by atoms with Crippen LogP contribution in [0.3, 0.4) is 0 Å². The summed E-state index contributed by atoms with van der Waals surface area (Å²) in [7, 11) is 0. The summed E-state index contributed by atoms with van der Waals surface area (Å²) in [5.74, 6) is 0.278. The highest BCUT2D eigenvalue weighted by molar-refractivity contribution is 9.10. The zero-order valence-corrected chi connectivity index (χ0v) is 12.9. The van der Waals surface area contributed by atoms with E-state index >= 15 is 0 Å². The molecule has 0 spiro atoms. The lowest BCUT2D eigenvalue weighted by Crippen LogP contribution is -2.09. The minimum Gasteiger partial charge on any atom is -0.508 e. The Balaban J connectivity index is 2.21. The molecular weight excluding hydrogens is 326 g/mol. The van der Waals surface area contributed by atoms with Crippen molar-refractivity contribution in [1.29, 1.82) is 0 Å². The molecule has 1 unspecified atom stereocenters. The van der Waals surface area contributed by atoms with Crippen LogP contribution in [0.2, 0.25) is 5.02 Å². The topological polar surface area (TPSA) is 32.3 Å². The summed E-state index contributed by atoms with van der Waals surface area (Å²) >= 11 is 9.60. The van der Waals surface area contributed by atoms with Crippen molar-refractivity contribution in [2.75, 3.05) is 5.32 Å². The molecule has 0 aromatic heterocycles. The van der Waals surface area contributed by atoms with Gasteiger partial charge in [0.1, 0.15) is 5.75 Å². The van der Waals surface area contributed by atoms with Crippen molar-refractivity contribution in [1.82, 2.24) is 0 Å². The Morgan fingerprint density at radius 1 is 1.21 bits per heavy atom. The molecule has 0 aliphatic carbocycles. The van der Waals surface area contributed by atoms with Crippen LogP contribution >= 0.6 is 27.5 Å². The van der Waals surface area contributed by atoms with Crippen molar-refractivity contribution in [3.8, 4) is 5.75 Å². The Bertz CT molecular complexity index is 557. The van der Waals surface area contributed by atoms with Crippen LogP contribution in [0, 0.1) is 0 Å². The van der Waals surface area contributed by atoms with E-state index < -0.39 is 0 Å². The van der Waals surface area contributed by atoms with Crippen molar-refractivity contribution >= 4 is 33.2 Å². The van der Waals surface area contributed by atoms with Gasteiger partial charge >= 0.3 is 0 Å². The largest absolute Gasteiger partial charge is 0.508 e. The first-order chi connectivity index (χ1) is 9.10. The summed E-state index contributed by atoms with van der Waals surface area (Å²) in [6, 6.07) is 13.2. The number of halogens is 2. The minimum absolute atomic E-state index is 0.166. The molecule has 4 heteroatoms. The normalized spacial score (nSPS) is 12.2. The smallest absolute Gasteiger partial charge is 0.115 e. The van der Waals surface area contributed by atoms with E-state index in [0.29, 0.717) is 5.02 Å². The van der Waals surface area contributed by atoms with Crippen LogP contribution in [0.4, 0.5) is 5.69 Å². The van der Waals surface area contributed by atoms with Gasteiger partial charge in [-0.1, -0.05) is 46.6 Å². The number of hydrogen-bond acceptors (Lipinski definition) is 2. The zero-order valence-electron chi connectivity index (χ0n) is 10.5. The van der Waals surface area contributed by atoms with Gasteiger partial charge in [0, 0.05) is 4.47 Å². The average Bonchev–Trinajstić information content (AvgIpc) is 2.39. The minimum atomic E-state index is 0.166. The molecule has 2 N–H and O–H groups in total. The quantitative estimate of drug-likeness (QED) is 0.784. The Morgan fingerprint density at radius 3 is 2.47 bits per heavy atom. The van der Waals surface area contributed by atoms with Crippen molar-refractivity contribution in [2.45, 2.75) is 19.4 Å². The first-order valence-corrected chi connectivity index (χ1v) is 7.27. The highest BCUT2D eigenvalue weighted by Gasteiger charge is 2.11. The highest BCUT2D eigenvalue weighted by atomic mass is 79.9. The maximum Gasteiger partial charge on any atom is 0.115 e. The number of phenols is 1. The van der Waals surface area contributed by atoms with Gasteiger partial charge in [-0.05, 0) is 42.3 Å². The number of aromatic hydroxyl groups is 1. The molecule has 0 aliphatic heterocycles. The summed E-state index contributed by atoms with van der Waals surface area (Å²) in [5, 5.41) is 13.4. The van der Waals surface area contributed by atoms with Crippen LogP contribution in [-0.2, 0) is 0 Å². The maximum atomic E-state index is 9.33. The van der Waals surface area contributed by atoms with Gasteiger partial charge in [-0.25, -0.2) is 0 Å². The molecule has 0 fully saturated rings. The van der Waals surface area contributed by atoms with E-state index in [1.165, 1.54) is 0 Å². The van der Waals surface area contributed by atoms with Crippen LogP contribution < -0.4 is 5.32 Å². The summed E-state index contributed by atoms with van der Waals surface area (Å²) in [5.41, 5.74) is 2.03. The van der Waals surface area contributed by atoms with Gasteiger partial charge in [-0.15, -0.1) is 0 Å². The fraction of sp³-hybridized carbons (Fsp3) is 0.200. The Hall–Kier alpha value is -1.19. The van der Waals surface area contributed by atoms with E-state index in [0.717, 1.165) is 22.1 Å². The summed E-state index contributed by atoms with van der Waals surface area (Å²) < 4.78 is 0.959. The molecule has 100 valence electrons. The number of anilines is 1. The lowest BCUT2D eigenvalue weighted by molar-refractivity contribution is 0.475. The predicted octanol–water partition coefficient (Wildman–Crippen LogP) is 5.37. The SMILES string of the molecule is CCC(Nc1ccc(Br)cc1Cl)c1ccc(O)cc1. The van der Waals surface area contributed by atoms with E-state index in [1.54, 1.807) is 12.1 Å². The number of phenolic OH excluding ortho intramolecular Hbond substituents is 1. The van der Waals surface area contributed by atoms with E-state index in [4.69, 9.17) is 11.6 Å². The molecule has 1 atom stereocenters. The number of hydrogen-bond donors (Lipinski definition) is 2. The summed E-state index contributed by atoms with van der Waals surface area (Å²) in [6.45, 7) is 2.11. The predicted molar refractivity (Wildman–Crippen MR) is 83.9 cm³/mol. The van der Waals surface area contributed by atoms with E-state index in [-0.39, 0.29) is 11.8 Å². The van der Waals surface area contributed by atoms with Crippen molar-refractivity contribution in [2.24, 2.45) is 0 Å². The third kappa shape index (κ3) is 3.64. The first kappa shape index (κ1) is 14.2. The zero-order chi connectivity index (χ0) is 13.8. The fourth-order valence-corrected chi connectivity index (χ4v) is 2.65. The third-order valence-corrected chi connectivity index (χ3v) is 3.77.